The first kappa shape index (κ1) is 13.9. The van der Waals surface area contributed by atoms with Gasteiger partial charge in [0.15, 0.2) is 0 Å². The number of halogens is 1. The van der Waals surface area contributed by atoms with Crippen LogP contribution in [-0.2, 0) is 17.7 Å². The van der Waals surface area contributed by atoms with Crippen molar-refractivity contribution < 1.29 is 4.74 Å². The van der Waals surface area contributed by atoms with Crippen LogP contribution in [-0.4, -0.2) is 23.8 Å². The summed E-state index contributed by atoms with van der Waals surface area (Å²) >= 11 is 6.14. The molecule has 0 radical (unpaired) electrons. The van der Waals surface area contributed by atoms with Gasteiger partial charge in [0, 0.05) is 35.3 Å². The molecule has 1 unspecified atom stereocenters. The van der Waals surface area contributed by atoms with Crippen molar-refractivity contribution >= 4 is 22.5 Å². The molecule has 1 saturated heterocycles. The minimum atomic E-state index is 0.421. The highest BCUT2D eigenvalue weighted by atomic mass is 35.5. The molecule has 0 bridgehead atoms. The van der Waals surface area contributed by atoms with Crippen LogP contribution in [0.5, 0.6) is 0 Å². The second kappa shape index (κ2) is 6.17. The van der Waals surface area contributed by atoms with E-state index in [1.807, 2.05) is 12.1 Å². The SMILES string of the molecule is NCCc1cn(CCC2CCCO2)c2cc(Cl)ccc12. The molecule has 1 aromatic heterocycles. The van der Waals surface area contributed by atoms with Crippen molar-refractivity contribution in [3.8, 4) is 0 Å². The summed E-state index contributed by atoms with van der Waals surface area (Å²) in [6, 6.07) is 6.10. The third kappa shape index (κ3) is 2.85. The highest BCUT2D eigenvalue weighted by Gasteiger charge is 2.16. The molecule has 3 nitrogen and oxygen atoms in total. The lowest BCUT2D eigenvalue weighted by atomic mass is 10.1. The zero-order valence-corrected chi connectivity index (χ0v) is 12.4. The molecule has 108 valence electrons. The standard InChI is InChI=1S/C16H21ClN2O/c17-13-3-4-15-12(5-7-18)11-19(16(15)10-13)8-6-14-2-1-9-20-14/h3-4,10-11,14H,1-2,5-9,18H2. The highest BCUT2D eigenvalue weighted by Crippen LogP contribution is 2.26. The van der Waals surface area contributed by atoms with E-state index in [4.69, 9.17) is 22.1 Å². The number of fused-ring (bicyclic) bond motifs is 1. The first-order chi connectivity index (χ1) is 9.78. The minimum absolute atomic E-state index is 0.421. The summed E-state index contributed by atoms with van der Waals surface area (Å²) in [6.45, 7) is 2.57. The molecule has 2 heterocycles. The van der Waals surface area contributed by atoms with Gasteiger partial charge in [0.2, 0.25) is 0 Å². The number of nitrogens with zero attached hydrogens (tertiary/aromatic N) is 1. The highest BCUT2D eigenvalue weighted by molar-refractivity contribution is 6.31. The number of rotatable bonds is 5. The number of nitrogens with two attached hydrogens (primary N) is 1. The van der Waals surface area contributed by atoms with Crippen molar-refractivity contribution in [3.05, 3.63) is 35.0 Å². The van der Waals surface area contributed by atoms with E-state index in [1.54, 1.807) is 0 Å². The topological polar surface area (TPSA) is 40.2 Å². The van der Waals surface area contributed by atoms with E-state index in [0.29, 0.717) is 12.6 Å². The van der Waals surface area contributed by atoms with Gasteiger partial charge < -0.3 is 15.0 Å². The quantitative estimate of drug-likeness (QED) is 0.918. The van der Waals surface area contributed by atoms with Crippen molar-refractivity contribution in [3.63, 3.8) is 0 Å². The molecular weight excluding hydrogens is 272 g/mol. The van der Waals surface area contributed by atoms with Crippen molar-refractivity contribution in [1.29, 1.82) is 0 Å². The molecule has 0 spiro atoms. The van der Waals surface area contributed by atoms with Crippen LogP contribution >= 0.6 is 11.6 Å². The third-order valence-electron chi connectivity index (χ3n) is 4.06. The summed E-state index contributed by atoms with van der Waals surface area (Å²) in [5.74, 6) is 0. The lowest BCUT2D eigenvalue weighted by Gasteiger charge is -2.10. The molecule has 0 amide bonds. The van der Waals surface area contributed by atoms with Crippen LogP contribution in [0.2, 0.25) is 5.02 Å². The van der Waals surface area contributed by atoms with Gasteiger partial charge in [0.05, 0.1) is 6.10 Å². The Labute approximate surface area is 124 Å². The molecular formula is C16H21ClN2O. The second-order valence-corrected chi connectivity index (χ2v) is 5.91. The molecule has 0 saturated carbocycles. The maximum absolute atomic E-state index is 6.14. The molecule has 1 aliphatic rings. The fraction of sp³-hybridized carbons (Fsp3) is 0.500. The van der Waals surface area contributed by atoms with E-state index in [-0.39, 0.29) is 0 Å². The van der Waals surface area contributed by atoms with Gasteiger partial charge in [-0.2, -0.15) is 0 Å². The van der Waals surface area contributed by atoms with E-state index in [2.05, 4.69) is 16.8 Å². The lowest BCUT2D eigenvalue weighted by Crippen LogP contribution is -2.09. The van der Waals surface area contributed by atoms with Gasteiger partial charge in [-0.05, 0) is 49.9 Å². The fourth-order valence-electron chi connectivity index (χ4n) is 3.04. The molecule has 1 fully saturated rings. The van der Waals surface area contributed by atoms with Crippen LogP contribution in [0.4, 0.5) is 0 Å². The van der Waals surface area contributed by atoms with Crippen molar-refractivity contribution in [2.75, 3.05) is 13.2 Å². The number of benzene rings is 1. The molecule has 4 heteroatoms. The van der Waals surface area contributed by atoms with E-state index < -0.39 is 0 Å². The van der Waals surface area contributed by atoms with Crippen molar-refractivity contribution in [1.82, 2.24) is 4.57 Å². The van der Waals surface area contributed by atoms with E-state index >= 15 is 0 Å². The van der Waals surface area contributed by atoms with Crippen LogP contribution in [0.15, 0.2) is 24.4 Å². The van der Waals surface area contributed by atoms with Gasteiger partial charge in [0.1, 0.15) is 0 Å². The summed E-state index contributed by atoms with van der Waals surface area (Å²) in [5, 5.41) is 2.06. The fourth-order valence-corrected chi connectivity index (χ4v) is 3.20. The molecule has 2 aromatic rings. The van der Waals surface area contributed by atoms with E-state index in [1.165, 1.54) is 29.3 Å². The molecule has 1 atom stereocenters. The van der Waals surface area contributed by atoms with Gasteiger partial charge in [-0.1, -0.05) is 17.7 Å². The Morgan fingerprint density at radius 1 is 1.40 bits per heavy atom. The predicted octanol–water partition coefficient (Wildman–Crippen LogP) is 3.37. The van der Waals surface area contributed by atoms with E-state index in [9.17, 15) is 0 Å². The Bertz CT molecular complexity index is 587. The molecule has 20 heavy (non-hydrogen) atoms. The van der Waals surface area contributed by atoms with Crippen molar-refractivity contribution in [2.24, 2.45) is 5.73 Å². The zero-order valence-electron chi connectivity index (χ0n) is 11.6. The molecule has 3 rings (SSSR count). The number of hydrogen-bond donors (Lipinski definition) is 1. The van der Waals surface area contributed by atoms with Crippen LogP contribution in [0.3, 0.4) is 0 Å². The summed E-state index contributed by atoms with van der Waals surface area (Å²) in [4.78, 5) is 0. The van der Waals surface area contributed by atoms with Crippen LogP contribution in [0, 0.1) is 0 Å². The maximum Gasteiger partial charge on any atom is 0.0593 e. The zero-order chi connectivity index (χ0) is 13.9. The number of aromatic nitrogens is 1. The lowest BCUT2D eigenvalue weighted by molar-refractivity contribution is 0.101. The molecule has 1 aliphatic heterocycles. The summed E-state index contributed by atoms with van der Waals surface area (Å²) in [6.07, 6.45) is 7.01. The van der Waals surface area contributed by atoms with Gasteiger partial charge in [-0.25, -0.2) is 0 Å². The Hall–Kier alpha value is -1.03. The Morgan fingerprint density at radius 2 is 2.30 bits per heavy atom. The van der Waals surface area contributed by atoms with Crippen LogP contribution < -0.4 is 5.73 Å². The molecule has 0 aliphatic carbocycles. The average molecular weight is 293 g/mol. The van der Waals surface area contributed by atoms with Crippen molar-refractivity contribution in [2.45, 2.75) is 38.3 Å². The Morgan fingerprint density at radius 3 is 3.05 bits per heavy atom. The van der Waals surface area contributed by atoms with Crippen LogP contribution in [0.25, 0.3) is 10.9 Å². The Kier molecular flexibility index (Phi) is 4.29. The number of hydrogen-bond acceptors (Lipinski definition) is 2. The van der Waals surface area contributed by atoms with Crippen LogP contribution in [0.1, 0.15) is 24.8 Å². The molecule has 1 aromatic carbocycles. The summed E-state index contributed by atoms with van der Waals surface area (Å²) in [7, 11) is 0. The first-order valence-corrected chi connectivity index (χ1v) is 7.74. The smallest absolute Gasteiger partial charge is 0.0593 e. The summed E-state index contributed by atoms with van der Waals surface area (Å²) < 4.78 is 8.00. The third-order valence-corrected chi connectivity index (χ3v) is 4.29. The van der Waals surface area contributed by atoms with E-state index in [0.717, 1.165) is 31.0 Å². The maximum atomic E-state index is 6.14. The number of ether oxygens (including phenoxy) is 1. The van der Waals surface area contributed by atoms with Gasteiger partial charge in [-0.15, -0.1) is 0 Å². The van der Waals surface area contributed by atoms with Gasteiger partial charge in [0.25, 0.3) is 0 Å². The summed E-state index contributed by atoms with van der Waals surface area (Å²) in [5.41, 5.74) is 8.23. The minimum Gasteiger partial charge on any atom is -0.378 e. The number of aryl methyl sites for hydroxylation is 1. The molecule has 2 N–H and O–H groups in total. The predicted molar refractivity (Wildman–Crippen MR) is 83.3 cm³/mol. The van der Waals surface area contributed by atoms with Gasteiger partial charge in [-0.3, -0.25) is 0 Å². The van der Waals surface area contributed by atoms with Gasteiger partial charge >= 0.3 is 0 Å². The average Bonchev–Trinajstić information content (AvgIpc) is 3.05. The normalized spacial score (nSPS) is 19.0. The monoisotopic (exact) mass is 292 g/mol. The first-order valence-electron chi connectivity index (χ1n) is 7.37. The largest absolute Gasteiger partial charge is 0.378 e. The Balaban J connectivity index is 1.86. The second-order valence-electron chi connectivity index (χ2n) is 5.47.